The second-order valence-corrected chi connectivity index (χ2v) is 8.10. The van der Waals surface area contributed by atoms with Crippen LogP contribution in [-0.2, 0) is 23.0 Å². The summed E-state index contributed by atoms with van der Waals surface area (Å²) in [5, 5.41) is 0. The predicted octanol–water partition coefficient (Wildman–Crippen LogP) is 0.325. The molecule has 22 heavy (non-hydrogen) atoms. The smallest absolute Gasteiger partial charge is 0.274 e. The van der Waals surface area contributed by atoms with Crippen LogP contribution in [0, 0.1) is 0 Å². The molecule has 0 aliphatic carbocycles. The Kier molecular flexibility index (Phi) is 3.98. The molecule has 1 aromatic heterocycles. The van der Waals surface area contributed by atoms with E-state index in [1.165, 1.54) is 10.6 Å². The number of aryl methyl sites for hydroxylation is 2. The van der Waals surface area contributed by atoms with Crippen molar-refractivity contribution in [3.63, 3.8) is 0 Å². The summed E-state index contributed by atoms with van der Waals surface area (Å²) in [6.07, 6.45) is 6.22. The van der Waals surface area contributed by atoms with Crippen LogP contribution in [-0.4, -0.2) is 65.0 Å². The van der Waals surface area contributed by atoms with Gasteiger partial charge in [0.15, 0.2) is 0 Å². The van der Waals surface area contributed by atoms with Gasteiger partial charge in [0, 0.05) is 44.8 Å². The van der Waals surface area contributed by atoms with E-state index < -0.39 is 10.0 Å². The minimum atomic E-state index is -3.22. The Morgan fingerprint density at radius 1 is 1.27 bits per heavy atom. The van der Waals surface area contributed by atoms with E-state index in [-0.39, 0.29) is 11.9 Å². The van der Waals surface area contributed by atoms with Crippen LogP contribution in [0.3, 0.4) is 0 Å². The third-order valence-corrected chi connectivity index (χ3v) is 5.80. The van der Waals surface area contributed by atoms with Gasteiger partial charge in [-0.1, -0.05) is 0 Å². The van der Waals surface area contributed by atoms with E-state index in [0.29, 0.717) is 25.3 Å². The molecule has 2 aliphatic heterocycles. The van der Waals surface area contributed by atoms with Crippen molar-refractivity contribution in [2.75, 3.05) is 25.9 Å². The number of hydrogen-bond acceptors (Lipinski definition) is 4. The Balaban J connectivity index is 1.73. The van der Waals surface area contributed by atoms with Crippen molar-refractivity contribution in [3.8, 4) is 0 Å². The fraction of sp³-hybridized carbons (Fsp3) is 0.714. The lowest BCUT2D eigenvalue weighted by Gasteiger charge is -2.37. The minimum Gasteiger partial charge on any atom is -0.334 e. The van der Waals surface area contributed by atoms with Crippen molar-refractivity contribution in [1.82, 2.24) is 18.8 Å². The first-order valence-electron chi connectivity index (χ1n) is 7.68. The molecular formula is C14H22N4O3S. The predicted molar refractivity (Wildman–Crippen MR) is 82.1 cm³/mol. The Bertz CT molecular complexity index is 659. The fourth-order valence-electron chi connectivity index (χ4n) is 3.30. The van der Waals surface area contributed by atoms with Gasteiger partial charge in [0.1, 0.15) is 11.5 Å². The molecule has 0 radical (unpaired) electrons. The topological polar surface area (TPSA) is 75.5 Å². The zero-order valence-corrected chi connectivity index (χ0v) is 13.8. The maximum Gasteiger partial charge on any atom is 0.274 e. The maximum atomic E-state index is 12.6. The monoisotopic (exact) mass is 326 g/mol. The van der Waals surface area contributed by atoms with Crippen LogP contribution >= 0.6 is 0 Å². The highest BCUT2D eigenvalue weighted by Gasteiger charge is 2.33. The molecule has 8 heteroatoms. The molecule has 1 fully saturated rings. The highest BCUT2D eigenvalue weighted by Crippen LogP contribution is 2.18. The van der Waals surface area contributed by atoms with Crippen molar-refractivity contribution >= 4 is 15.9 Å². The van der Waals surface area contributed by atoms with Crippen molar-refractivity contribution in [1.29, 1.82) is 0 Å². The maximum absolute atomic E-state index is 12.6. The summed E-state index contributed by atoms with van der Waals surface area (Å²) in [5.41, 5.74) is 0.483. The van der Waals surface area contributed by atoms with E-state index in [9.17, 15) is 13.2 Å². The molecule has 7 nitrogen and oxygen atoms in total. The Labute approximate surface area is 131 Å². The number of amides is 1. The highest BCUT2D eigenvalue weighted by atomic mass is 32.2. The van der Waals surface area contributed by atoms with Crippen molar-refractivity contribution < 1.29 is 13.2 Å². The number of carbonyl (C=O) groups excluding carboxylic acids is 1. The molecule has 1 saturated heterocycles. The van der Waals surface area contributed by atoms with E-state index >= 15 is 0 Å². The zero-order chi connectivity index (χ0) is 15.9. The van der Waals surface area contributed by atoms with E-state index in [1.54, 1.807) is 4.90 Å². The molecule has 3 rings (SSSR count). The molecule has 0 bridgehead atoms. The summed E-state index contributed by atoms with van der Waals surface area (Å²) in [6, 6.07) is -0.204. The number of piperazine rings is 1. The first-order valence-corrected chi connectivity index (χ1v) is 9.53. The van der Waals surface area contributed by atoms with Gasteiger partial charge in [-0.25, -0.2) is 13.4 Å². The number of fused-ring (bicyclic) bond motifs is 1. The molecule has 1 aromatic rings. The van der Waals surface area contributed by atoms with Gasteiger partial charge in [-0.2, -0.15) is 4.31 Å². The van der Waals surface area contributed by atoms with Crippen LogP contribution in [0.25, 0.3) is 0 Å². The number of nitrogens with zero attached hydrogens (tertiary/aromatic N) is 4. The van der Waals surface area contributed by atoms with Crippen molar-refractivity contribution in [3.05, 3.63) is 17.7 Å². The second kappa shape index (κ2) is 5.66. The van der Waals surface area contributed by atoms with Gasteiger partial charge in [0.25, 0.3) is 5.91 Å². The van der Waals surface area contributed by atoms with Crippen LogP contribution in [0.4, 0.5) is 0 Å². The number of aromatic nitrogens is 2. The molecule has 0 saturated carbocycles. The molecule has 2 aliphatic rings. The van der Waals surface area contributed by atoms with Crippen LogP contribution in [0.5, 0.6) is 0 Å². The van der Waals surface area contributed by atoms with Gasteiger partial charge in [-0.05, 0) is 19.8 Å². The lowest BCUT2D eigenvalue weighted by atomic mass is 10.2. The van der Waals surface area contributed by atoms with Gasteiger partial charge < -0.3 is 9.47 Å². The fourth-order valence-corrected chi connectivity index (χ4v) is 4.43. The quantitative estimate of drug-likeness (QED) is 0.785. The van der Waals surface area contributed by atoms with E-state index in [1.807, 2.05) is 13.1 Å². The van der Waals surface area contributed by atoms with Gasteiger partial charge in [0.2, 0.25) is 10.0 Å². The first kappa shape index (κ1) is 15.5. The average Bonchev–Trinajstić information content (AvgIpc) is 2.88. The van der Waals surface area contributed by atoms with Crippen LogP contribution < -0.4 is 0 Å². The van der Waals surface area contributed by atoms with Gasteiger partial charge in [-0.15, -0.1) is 0 Å². The highest BCUT2D eigenvalue weighted by molar-refractivity contribution is 7.88. The van der Waals surface area contributed by atoms with Gasteiger partial charge in [0.05, 0.1) is 6.26 Å². The molecule has 3 heterocycles. The molecule has 0 aromatic carbocycles. The molecule has 1 atom stereocenters. The molecule has 0 N–H and O–H groups in total. The third kappa shape index (κ3) is 2.89. The largest absolute Gasteiger partial charge is 0.334 e. The normalized spacial score (nSPS) is 23.4. The summed E-state index contributed by atoms with van der Waals surface area (Å²) in [4.78, 5) is 18.8. The third-order valence-electron chi connectivity index (χ3n) is 4.41. The first-order chi connectivity index (χ1) is 10.4. The molecular weight excluding hydrogens is 304 g/mol. The summed E-state index contributed by atoms with van der Waals surface area (Å²) in [7, 11) is -3.22. The van der Waals surface area contributed by atoms with E-state index in [0.717, 1.165) is 31.6 Å². The number of hydrogen-bond donors (Lipinski definition) is 0. The molecule has 1 amide bonds. The van der Waals surface area contributed by atoms with E-state index in [2.05, 4.69) is 9.55 Å². The van der Waals surface area contributed by atoms with Crippen LogP contribution in [0.2, 0.25) is 0 Å². The van der Waals surface area contributed by atoms with E-state index in [4.69, 9.17) is 0 Å². The number of carbonyl (C=O) groups is 1. The second-order valence-electron chi connectivity index (χ2n) is 6.17. The zero-order valence-electron chi connectivity index (χ0n) is 13.0. The lowest BCUT2D eigenvalue weighted by molar-refractivity contribution is 0.0637. The van der Waals surface area contributed by atoms with Crippen molar-refractivity contribution in [2.24, 2.45) is 0 Å². The number of rotatable bonds is 2. The van der Waals surface area contributed by atoms with Gasteiger partial charge >= 0.3 is 0 Å². The standard InChI is InChI=1S/C14H22N4O3S/c1-11-9-17(7-8-18(11)22(2,20)21)14(19)12-10-16-6-4-3-5-13(16)15-12/h10-11H,3-9H2,1-2H3/t11-/m0/s1. The van der Waals surface area contributed by atoms with Gasteiger partial charge in [-0.3, -0.25) is 4.79 Å². The SMILES string of the molecule is C[C@H]1CN(C(=O)c2cn3c(n2)CCCC3)CCN1S(C)(=O)=O. The Hall–Kier alpha value is -1.41. The number of sulfonamides is 1. The minimum absolute atomic E-state index is 0.0955. The Morgan fingerprint density at radius 2 is 2.05 bits per heavy atom. The summed E-state index contributed by atoms with van der Waals surface area (Å²) in [6.45, 7) is 3.93. The van der Waals surface area contributed by atoms with Crippen LogP contribution in [0.15, 0.2) is 6.20 Å². The Morgan fingerprint density at radius 3 is 2.68 bits per heavy atom. The average molecular weight is 326 g/mol. The van der Waals surface area contributed by atoms with Crippen LogP contribution in [0.1, 0.15) is 36.1 Å². The summed E-state index contributed by atoms with van der Waals surface area (Å²) < 4.78 is 26.9. The number of imidazole rings is 1. The molecule has 0 unspecified atom stereocenters. The lowest BCUT2D eigenvalue weighted by Crippen LogP contribution is -2.55. The van der Waals surface area contributed by atoms with Crippen molar-refractivity contribution in [2.45, 2.75) is 38.8 Å². The summed E-state index contributed by atoms with van der Waals surface area (Å²) in [5.74, 6) is 0.888. The summed E-state index contributed by atoms with van der Waals surface area (Å²) >= 11 is 0. The molecule has 0 spiro atoms. The molecule has 122 valence electrons.